The first kappa shape index (κ1) is 13.9. The first-order valence-electron chi connectivity index (χ1n) is 7.41. The first-order chi connectivity index (χ1) is 10.0. The molecule has 3 aromatic rings. The first-order valence-corrected chi connectivity index (χ1v) is 7.41. The fourth-order valence-corrected chi connectivity index (χ4v) is 2.68. The molecule has 0 atom stereocenters. The van der Waals surface area contributed by atoms with Crippen LogP contribution in [0.15, 0.2) is 60.7 Å². The number of fused-ring (bicyclic) bond motifs is 1. The Morgan fingerprint density at radius 1 is 0.952 bits per heavy atom. The molecule has 1 heterocycles. The van der Waals surface area contributed by atoms with Crippen molar-refractivity contribution in [2.75, 3.05) is 0 Å². The van der Waals surface area contributed by atoms with Crippen LogP contribution in [-0.4, -0.2) is 15.3 Å². The van der Waals surface area contributed by atoms with E-state index in [0.29, 0.717) is 0 Å². The molecule has 1 N–H and O–H groups in total. The van der Waals surface area contributed by atoms with Crippen molar-refractivity contribution in [2.24, 2.45) is 0 Å². The van der Waals surface area contributed by atoms with Crippen LogP contribution in [0.5, 0.6) is 0 Å². The Morgan fingerprint density at radius 2 is 1.62 bits per heavy atom. The third kappa shape index (κ3) is 3.01. The Labute approximate surface area is 125 Å². The van der Waals surface area contributed by atoms with Crippen molar-refractivity contribution in [3.63, 3.8) is 0 Å². The average Bonchev–Trinajstić information content (AvgIpc) is 2.84. The summed E-state index contributed by atoms with van der Waals surface area (Å²) in [5, 5.41) is 11.3. The highest BCUT2D eigenvalue weighted by Gasteiger charge is 2.15. The molecule has 0 aliphatic heterocycles. The maximum atomic E-state index is 10.0. The minimum Gasteiger partial charge on any atom is -0.390 e. The zero-order valence-electron chi connectivity index (χ0n) is 12.6. The molecule has 108 valence electrons. The Hall–Kier alpha value is -2.06. The van der Waals surface area contributed by atoms with E-state index >= 15 is 0 Å². The second-order valence-corrected chi connectivity index (χ2v) is 6.17. The van der Waals surface area contributed by atoms with Gasteiger partial charge in [-0.3, -0.25) is 0 Å². The van der Waals surface area contributed by atoms with Gasteiger partial charge in [0.15, 0.2) is 0 Å². The number of para-hydroxylation sites is 1. The normalized spacial score (nSPS) is 12.0. The maximum Gasteiger partial charge on any atom is 0.0608 e. The van der Waals surface area contributed by atoms with E-state index in [9.17, 15) is 5.11 Å². The Bertz CT molecular complexity index is 735. The number of rotatable bonds is 4. The SMILES string of the molecule is CC(C)(O)CCn1c(-c2ccccc2)cc2ccccc21. The molecular formula is C19H21NO. The van der Waals surface area contributed by atoms with Gasteiger partial charge in [-0.15, -0.1) is 0 Å². The molecule has 0 saturated carbocycles. The van der Waals surface area contributed by atoms with E-state index in [1.807, 2.05) is 19.9 Å². The Morgan fingerprint density at radius 3 is 2.33 bits per heavy atom. The number of nitrogens with zero attached hydrogens (tertiary/aromatic N) is 1. The average molecular weight is 279 g/mol. The summed E-state index contributed by atoms with van der Waals surface area (Å²) in [7, 11) is 0. The van der Waals surface area contributed by atoms with Crippen molar-refractivity contribution in [1.82, 2.24) is 4.57 Å². The van der Waals surface area contributed by atoms with E-state index < -0.39 is 5.60 Å². The quantitative estimate of drug-likeness (QED) is 0.749. The van der Waals surface area contributed by atoms with Crippen LogP contribution in [0.2, 0.25) is 0 Å². The van der Waals surface area contributed by atoms with Gasteiger partial charge in [-0.05, 0) is 38.0 Å². The molecule has 0 unspecified atom stereocenters. The Balaban J connectivity index is 2.10. The third-order valence-electron chi connectivity index (χ3n) is 3.83. The van der Waals surface area contributed by atoms with Crippen molar-refractivity contribution < 1.29 is 5.11 Å². The van der Waals surface area contributed by atoms with E-state index in [2.05, 4.69) is 59.2 Å². The molecule has 0 saturated heterocycles. The van der Waals surface area contributed by atoms with Crippen LogP contribution in [0.1, 0.15) is 20.3 Å². The zero-order valence-corrected chi connectivity index (χ0v) is 12.6. The van der Waals surface area contributed by atoms with Crippen LogP contribution in [-0.2, 0) is 6.54 Å². The molecule has 21 heavy (non-hydrogen) atoms. The van der Waals surface area contributed by atoms with E-state index in [1.165, 1.54) is 22.2 Å². The number of aromatic nitrogens is 1. The summed E-state index contributed by atoms with van der Waals surface area (Å²) in [6.45, 7) is 4.53. The second-order valence-electron chi connectivity index (χ2n) is 6.17. The smallest absolute Gasteiger partial charge is 0.0608 e. The van der Waals surface area contributed by atoms with Crippen molar-refractivity contribution in [1.29, 1.82) is 0 Å². The molecule has 1 aromatic heterocycles. The molecule has 0 aliphatic carbocycles. The zero-order chi connectivity index (χ0) is 14.9. The van der Waals surface area contributed by atoms with Gasteiger partial charge in [0.25, 0.3) is 0 Å². The summed E-state index contributed by atoms with van der Waals surface area (Å²) >= 11 is 0. The lowest BCUT2D eigenvalue weighted by atomic mass is 10.1. The molecule has 2 heteroatoms. The molecule has 2 nitrogen and oxygen atoms in total. The molecule has 0 fully saturated rings. The van der Waals surface area contributed by atoms with Gasteiger partial charge >= 0.3 is 0 Å². The highest BCUT2D eigenvalue weighted by Crippen LogP contribution is 2.29. The molecule has 0 spiro atoms. The summed E-state index contributed by atoms with van der Waals surface area (Å²) in [5.74, 6) is 0. The van der Waals surface area contributed by atoms with Crippen LogP contribution in [0.3, 0.4) is 0 Å². The maximum absolute atomic E-state index is 10.0. The molecule has 0 bridgehead atoms. The largest absolute Gasteiger partial charge is 0.390 e. The van der Waals surface area contributed by atoms with Gasteiger partial charge in [0, 0.05) is 23.1 Å². The number of hydrogen-bond donors (Lipinski definition) is 1. The number of aliphatic hydroxyl groups is 1. The van der Waals surface area contributed by atoms with E-state index in [1.54, 1.807) is 0 Å². The third-order valence-corrected chi connectivity index (χ3v) is 3.83. The van der Waals surface area contributed by atoms with E-state index in [4.69, 9.17) is 0 Å². The Kier molecular flexibility index (Phi) is 3.56. The highest BCUT2D eigenvalue weighted by molar-refractivity contribution is 5.87. The lowest BCUT2D eigenvalue weighted by Gasteiger charge is -2.19. The van der Waals surface area contributed by atoms with Crippen molar-refractivity contribution >= 4 is 10.9 Å². The number of aryl methyl sites for hydroxylation is 1. The van der Waals surface area contributed by atoms with E-state index in [0.717, 1.165) is 13.0 Å². The lowest BCUT2D eigenvalue weighted by molar-refractivity contribution is 0.0667. The predicted molar refractivity (Wildman–Crippen MR) is 88.3 cm³/mol. The summed E-state index contributed by atoms with van der Waals surface area (Å²) in [6, 6.07) is 21.1. The molecular weight excluding hydrogens is 258 g/mol. The van der Waals surface area contributed by atoms with Crippen LogP contribution >= 0.6 is 0 Å². The standard InChI is InChI=1S/C19H21NO/c1-19(2,21)12-13-20-17-11-7-6-10-16(17)14-18(20)15-8-4-3-5-9-15/h3-11,14,21H,12-13H2,1-2H3. The van der Waals surface area contributed by atoms with E-state index in [-0.39, 0.29) is 0 Å². The summed E-state index contributed by atoms with van der Waals surface area (Å²) in [6.07, 6.45) is 0.728. The van der Waals surface area contributed by atoms with Crippen molar-refractivity contribution in [2.45, 2.75) is 32.4 Å². The van der Waals surface area contributed by atoms with Crippen LogP contribution in [0.4, 0.5) is 0 Å². The summed E-state index contributed by atoms with van der Waals surface area (Å²) in [4.78, 5) is 0. The van der Waals surface area contributed by atoms with Crippen LogP contribution in [0.25, 0.3) is 22.2 Å². The molecule has 3 rings (SSSR count). The van der Waals surface area contributed by atoms with Crippen molar-refractivity contribution in [3.8, 4) is 11.3 Å². The van der Waals surface area contributed by atoms with Gasteiger partial charge in [0.05, 0.1) is 5.60 Å². The van der Waals surface area contributed by atoms with Gasteiger partial charge < -0.3 is 9.67 Å². The summed E-state index contributed by atoms with van der Waals surface area (Å²) < 4.78 is 2.31. The minimum absolute atomic E-state index is 0.653. The number of hydrogen-bond acceptors (Lipinski definition) is 1. The van der Waals surface area contributed by atoms with Gasteiger partial charge in [-0.25, -0.2) is 0 Å². The van der Waals surface area contributed by atoms with Crippen LogP contribution < -0.4 is 0 Å². The second kappa shape index (κ2) is 5.38. The fourth-order valence-electron chi connectivity index (χ4n) is 2.68. The minimum atomic E-state index is -0.653. The van der Waals surface area contributed by atoms with Gasteiger partial charge in [-0.2, -0.15) is 0 Å². The number of benzene rings is 2. The monoisotopic (exact) mass is 279 g/mol. The molecule has 0 radical (unpaired) electrons. The summed E-state index contributed by atoms with van der Waals surface area (Å²) in [5.41, 5.74) is 2.99. The van der Waals surface area contributed by atoms with Gasteiger partial charge in [-0.1, -0.05) is 48.5 Å². The predicted octanol–water partition coefficient (Wildman–Crippen LogP) is 4.47. The molecule has 0 aliphatic rings. The molecule has 0 amide bonds. The molecule has 2 aromatic carbocycles. The van der Waals surface area contributed by atoms with Crippen LogP contribution in [0, 0.1) is 0 Å². The van der Waals surface area contributed by atoms with Gasteiger partial charge in [0.1, 0.15) is 0 Å². The topological polar surface area (TPSA) is 25.2 Å². The highest BCUT2D eigenvalue weighted by atomic mass is 16.3. The lowest BCUT2D eigenvalue weighted by Crippen LogP contribution is -2.21. The van der Waals surface area contributed by atoms with Crippen molar-refractivity contribution in [3.05, 3.63) is 60.7 Å². The fraction of sp³-hybridized carbons (Fsp3) is 0.263. The van der Waals surface area contributed by atoms with Gasteiger partial charge in [0.2, 0.25) is 0 Å².